The van der Waals surface area contributed by atoms with E-state index in [1.165, 1.54) is 10.4 Å². The molecule has 1 saturated heterocycles. The van der Waals surface area contributed by atoms with Crippen LogP contribution in [0.3, 0.4) is 0 Å². The van der Waals surface area contributed by atoms with Crippen LogP contribution in [0.25, 0.3) is 10.9 Å². The minimum absolute atomic E-state index is 0.0683. The molecule has 1 unspecified atom stereocenters. The molecule has 2 heterocycles. The van der Waals surface area contributed by atoms with E-state index in [0.717, 1.165) is 16.5 Å². The second-order valence-electron chi connectivity index (χ2n) is 11.7. The first-order chi connectivity index (χ1) is 20.7. The number of piperidine rings is 1. The van der Waals surface area contributed by atoms with Crippen LogP contribution in [0.4, 0.5) is 18.9 Å². The Morgan fingerprint density at radius 3 is 2.34 bits per heavy atom. The number of alkyl halides is 3. The number of ether oxygens (including phenoxy) is 1. The Morgan fingerprint density at radius 1 is 0.955 bits per heavy atom. The molecule has 1 fully saturated rings. The first-order valence-electron chi connectivity index (χ1n) is 13.9. The largest absolute Gasteiger partial charge is 0.493 e. The molecule has 4 rings (SSSR count). The zero-order chi connectivity index (χ0) is 32.1. The van der Waals surface area contributed by atoms with E-state index in [4.69, 9.17) is 4.74 Å². The number of benzene rings is 2. The van der Waals surface area contributed by atoms with E-state index in [2.05, 4.69) is 15.1 Å². The van der Waals surface area contributed by atoms with E-state index in [0.29, 0.717) is 11.4 Å². The van der Waals surface area contributed by atoms with E-state index in [1.807, 2.05) is 45.0 Å². The number of aromatic nitrogens is 1. The number of amides is 3. The quantitative estimate of drug-likeness (QED) is 0.367. The molecule has 2 aromatic carbocycles. The van der Waals surface area contributed by atoms with Crippen molar-refractivity contribution < 1.29 is 41.9 Å². The summed E-state index contributed by atoms with van der Waals surface area (Å²) in [4.78, 5) is 59.8. The van der Waals surface area contributed by atoms with Crippen molar-refractivity contribution in [3.63, 3.8) is 0 Å². The molecule has 44 heavy (non-hydrogen) atoms. The second kappa shape index (κ2) is 13.3. The highest BCUT2D eigenvalue weighted by molar-refractivity contribution is 5.96. The van der Waals surface area contributed by atoms with Crippen LogP contribution in [-0.4, -0.2) is 52.8 Å². The molecule has 2 atom stereocenters. The molecule has 0 radical (unpaired) electrons. The summed E-state index contributed by atoms with van der Waals surface area (Å²) in [5.74, 6) is -6.17. The van der Waals surface area contributed by atoms with Gasteiger partial charge in [-0.3, -0.25) is 19.4 Å². The number of halogens is 3. The number of hydrogen-bond acceptors (Lipinski definition) is 7. The maximum atomic E-state index is 13.3. The van der Waals surface area contributed by atoms with Gasteiger partial charge in [-0.15, -0.1) is 0 Å². The van der Waals surface area contributed by atoms with Crippen molar-refractivity contribution in [1.29, 1.82) is 0 Å². The minimum atomic E-state index is -5.32. The standard InChI is InChI=1S/C31H33F3N4O6/c1-30(2,3)16-26(39)38-15-13-21(23(17-38)28(41)37-44-29(42)31(32,33)34)27(40)36-20-10-8-19(9-11-20)18-43-25-12-14-35-24-7-5-4-6-22(24)25/h4-12,14,21,23H,13,15-18H2,1-3H3,(H,36,40)(H,37,41)/t21?,23-/m0/s1. The van der Waals surface area contributed by atoms with Gasteiger partial charge in [0, 0.05) is 36.8 Å². The van der Waals surface area contributed by atoms with Gasteiger partial charge in [-0.1, -0.05) is 45.0 Å². The number of nitrogens with one attached hydrogen (secondary N) is 2. The SMILES string of the molecule is CC(C)(C)CC(=O)N1CCC(C(=O)Nc2ccc(COc3ccnc4ccccc34)cc2)[C@@H](C(=O)NOC(=O)C(F)(F)F)C1. The predicted octanol–water partition coefficient (Wildman–Crippen LogP) is 4.79. The summed E-state index contributed by atoms with van der Waals surface area (Å²) in [7, 11) is 0. The number of rotatable bonds is 7. The van der Waals surface area contributed by atoms with Crippen molar-refractivity contribution in [3.8, 4) is 5.75 Å². The van der Waals surface area contributed by atoms with Gasteiger partial charge < -0.3 is 19.8 Å². The molecule has 13 heteroatoms. The van der Waals surface area contributed by atoms with Crippen LogP contribution in [0.15, 0.2) is 60.8 Å². The number of hydrogen-bond donors (Lipinski definition) is 2. The Hall–Kier alpha value is -4.68. The first-order valence-corrected chi connectivity index (χ1v) is 13.9. The van der Waals surface area contributed by atoms with E-state index < -0.39 is 35.8 Å². The van der Waals surface area contributed by atoms with E-state index in [-0.39, 0.29) is 43.9 Å². The van der Waals surface area contributed by atoms with E-state index in [1.54, 1.807) is 36.5 Å². The topological polar surface area (TPSA) is 127 Å². The second-order valence-corrected chi connectivity index (χ2v) is 11.7. The van der Waals surface area contributed by atoms with Crippen LogP contribution in [0.5, 0.6) is 5.75 Å². The molecule has 0 aliphatic carbocycles. The highest BCUT2D eigenvalue weighted by atomic mass is 19.4. The molecule has 0 spiro atoms. The fourth-order valence-corrected chi connectivity index (χ4v) is 4.83. The zero-order valence-electron chi connectivity index (χ0n) is 24.4. The lowest BCUT2D eigenvalue weighted by Crippen LogP contribution is -2.53. The third-order valence-electron chi connectivity index (χ3n) is 7.02. The number of fused-ring (bicyclic) bond motifs is 1. The van der Waals surface area contributed by atoms with Gasteiger partial charge in [-0.05, 0) is 47.7 Å². The summed E-state index contributed by atoms with van der Waals surface area (Å²) in [6.45, 7) is 5.78. The Labute approximate surface area is 251 Å². The van der Waals surface area contributed by atoms with Crippen molar-refractivity contribution in [3.05, 3.63) is 66.4 Å². The van der Waals surface area contributed by atoms with E-state index in [9.17, 15) is 32.3 Å². The number of anilines is 1. The van der Waals surface area contributed by atoms with Gasteiger partial charge in [0.25, 0.3) is 5.91 Å². The molecular formula is C31H33F3N4O6. The van der Waals surface area contributed by atoms with Crippen molar-refractivity contribution in [1.82, 2.24) is 15.4 Å². The predicted molar refractivity (Wildman–Crippen MR) is 154 cm³/mol. The number of nitrogens with zero attached hydrogens (tertiary/aromatic N) is 2. The fourth-order valence-electron chi connectivity index (χ4n) is 4.83. The molecule has 1 aliphatic rings. The monoisotopic (exact) mass is 614 g/mol. The van der Waals surface area contributed by atoms with E-state index >= 15 is 0 Å². The maximum absolute atomic E-state index is 13.3. The number of carbonyl (C=O) groups excluding carboxylic acids is 4. The Bertz CT molecular complexity index is 1520. The number of pyridine rings is 1. The smallest absolute Gasteiger partial charge is 0.488 e. The molecule has 2 N–H and O–H groups in total. The molecule has 0 saturated carbocycles. The molecule has 3 aromatic rings. The van der Waals surface area contributed by atoms with Gasteiger partial charge in [0.2, 0.25) is 11.8 Å². The number of likely N-dealkylation sites (tertiary alicyclic amines) is 1. The molecular weight excluding hydrogens is 581 g/mol. The first kappa shape index (κ1) is 32.2. The zero-order valence-corrected chi connectivity index (χ0v) is 24.4. The highest BCUT2D eigenvalue weighted by Gasteiger charge is 2.44. The van der Waals surface area contributed by atoms with Crippen LogP contribution in [0.2, 0.25) is 0 Å². The van der Waals surface area contributed by atoms with Crippen LogP contribution in [0.1, 0.15) is 39.2 Å². The number of hydroxylamine groups is 1. The molecule has 0 bridgehead atoms. The molecule has 10 nitrogen and oxygen atoms in total. The third-order valence-corrected chi connectivity index (χ3v) is 7.02. The van der Waals surface area contributed by atoms with Gasteiger partial charge in [0.05, 0.1) is 17.4 Å². The summed E-state index contributed by atoms with van der Waals surface area (Å²) in [5, 5.41) is 3.61. The Morgan fingerprint density at radius 2 is 1.66 bits per heavy atom. The lowest BCUT2D eigenvalue weighted by Gasteiger charge is -2.37. The third kappa shape index (κ3) is 8.45. The lowest BCUT2D eigenvalue weighted by atomic mass is 9.83. The van der Waals surface area contributed by atoms with Gasteiger partial charge in [0.1, 0.15) is 12.4 Å². The van der Waals surface area contributed by atoms with Crippen LogP contribution >= 0.6 is 0 Å². The van der Waals surface area contributed by atoms with Crippen molar-refractivity contribution in [2.24, 2.45) is 17.3 Å². The lowest BCUT2D eigenvalue weighted by molar-refractivity contribution is -0.208. The van der Waals surface area contributed by atoms with Crippen molar-refractivity contribution >= 4 is 40.3 Å². The van der Waals surface area contributed by atoms with Gasteiger partial charge in [-0.25, -0.2) is 4.79 Å². The maximum Gasteiger partial charge on any atom is 0.493 e. The van der Waals surface area contributed by atoms with Gasteiger partial charge in [-0.2, -0.15) is 18.7 Å². The van der Waals surface area contributed by atoms with Crippen LogP contribution in [0, 0.1) is 17.3 Å². The Balaban J connectivity index is 1.41. The normalized spacial score (nSPS) is 17.1. The molecule has 234 valence electrons. The van der Waals surface area contributed by atoms with Gasteiger partial charge >= 0.3 is 12.1 Å². The summed E-state index contributed by atoms with van der Waals surface area (Å²) in [5.41, 5.74) is 3.20. The van der Waals surface area contributed by atoms with Crippen LogP contribution in [-0.2, 0) is 30.6 Å². The summed E-state index contributed by atoms with van der Waals surface area (Å²) in [6.07, 6.45) is -3.43. The molecule has 1 aromatic heterocycles. The number of carbonyl (C=O) groups is 4. The van der Waals surface area contributed by atoms with Crippen molar-refractivity contribution in [2.75, 3.05) is 18.4 Å². The summed E-state index contributed by atoms with van der Waals surface area (Å²) < 4.78 is 43.7. The molecule has 1 aliphatic heterocycles. The minimum Gasteiger partial charge on any atom is -0.488 e. The van der Waals surface area contributed by atoms with Crippen molar-refractivity contribution in [2.45, 2.75) is 46.4 Å². The fraction of sp³-hybridized carbons (Fsp3) is 0.387. The summed E-state index contributed by atoms with van der Waals surface area (Å²) >= 11 is 0. The van der Waals surface area contributed by atoms with Crippen LogP contribution < -0.4 is 15.5 Å². The summed E-state index contributed by atoms with van der Waals surface area (Å²) in [6, 6.07) is 16.2. The van der Waals surface area contributed by atoms with Gasteiger partial charge in [0.15, 0.2) is 0 Å². The average Bonchev–Trinajstić information content (AvgIpc) is 2.97. The highest BCUT2D eigenvalue weighted by Crippen LogP contribution is 2.29. The molecule has 3 amide bonds. The number of para-hydroxylation sites is 1. The average molecular weight is 615 g/mol. The Kier molecular flexibility index (Phi) is 9.75.